The van der Waals surface area contributed by atoms with E-state index in [1.165, 1.54) is 0 Å². The van der Waals surface area contributed by atoms with Gasteiger partial charge in [-0.05, 0) is 50.4 Å². The van der Waals surface area contributed by atoms with Crippen molar-refractivity contribution in [1.82, 2.24) is 15.5 Å². The molecule has 7 nitrogen and oxygen atoms in total. The fourth-order valence-electron chi connectivity index (χ4n) is 2.92. The number of likely N-dealkylation sites (tertiary alicyclic amines) is 1. The molecule has 2 aliphatic rings. The first-order valence-corrected chi connectivity index (χ1v) is 9.28. The van der Waals surface area contributed by atoms with Crippen LogP contribution in [0.4, 0.5) is 10.5 Å². The zero-order valence-corrected chi connectivity index (χ0v) is 15.6. The van der Waals surface area contributed by atoms with Crippen LogP contribution in [-0.4, -0.2) is 47.9 Å². The third kappa shape index (κ3) is 5.09. The topological polar surface area (TPSA) is 90.5 Å². The number of urea groups is 1. The summed E-state index contributed by atoms with van der Waals surface area (Å²) >= 11 is 11.9. The lowest BCUT2D eigenvalue weighted by atomic mass is 10.2. The normalized spacial score (nSPS) is 19.8. The summed E-state index contributed by atoms with van der Waals surface area (Å²) in [6.45, 7) is 0.606. The monoisotopic (exact) mass is 398 g/mol. The predicted octanol–water partition coefficient (Wildman–Crippen LogP) is 2.38. The number of hydrogen-bond acceptors (Lipinski definition) is 4. The molecule has 0 aromatic heterocycles. The number of hydrogen-bond donors (Lipinski definition) is 3. The number of amides is 4. The Labute approximate surface area is 161 Å². The number of carbonyl (C=O) groups is 3. The first-order valence-electron chi connectivity index (χ1n) is 8.52. The molecule has 9 heteroatoms. The summed E-state index contributed by atoms with van der Waals surface area (Å²) in [6, 6.07) is 4.08. The Kier molecular flexibility index (Phi) is 6.01. The minimum Gasteiger partial charge on any atom is -0.335 e. The van der Waals surface area contributed by atoms with Gasteiger partial charge in [-0.15, -0.1) is 0 Å². The molecule has 26 heavy (non-hydrogen) atoms. The Morgan fingerprint density at radius 2 is 1.92 bits per heavy atom. The highest BCUT2D eigenvalue weighted by molar-refractivity contribution is 6.36. The summed E-state index contributed by atoms with van der Waals surface area (Å²) in [5, 5.41) is 8.61. The number of imide groups is 1. The fourth-order valence-corrected chi connectivity index (χ4v) is 3.37. The molecule has 1 atom stereocenters. The first-order chi connectivity index (χ1) is 12.4. The summed E-state index contributed by atoms with van der Waals surface area (Å²) in [7, 11) is 0. The lowest BCUT2D eigenvalue weighted by Gasteiger charge is -2.23. The highest BCUT2D eigenvalue weighted by Crippen LogP contribution is 2.27. The van der Waals surface area contributed by atoms with E-state index in [0.717, 1.165) is 19.3 Å². The van der Waals surface area contributed by atoms with Gasteiger partial charge in [-0.2, -0.15) is 0 Å². The molecule has 1 aromatic rings. The molecule has 1 saturated heterocycles. The van der Waals surface area contributed by atoms with Crippen molar-refractivity contribution in [2.75, 3.05) is 18.4 Å². The number of benzene rings is 1. The zero-order valence-electron chi connectivity index (χ0n) is 14.1. The van der Waals surface area contributed by atoms with Crippen LogP contribution in [0.25, 0.3) is 0 Å². The second-order valence-electron chi connectivity index (χ2n) is 6.54. The van der Waals surface area contributed by atoms with Gasteiger partial charge in [-0.1, -0.05) is 23.2 Å². The summed E-state index contributed by atoms with van der Waals surface area (Å²) < 4.78 is 0. The van der Waals surface area contributed by atoms with Crippen LogP contribution in [-0.2, 0) is 9.59 Å². The van der Waals surface area contributed by atoms with Crippen LogP contribution in [0.5, 0.6) is 0 Å². The van der Waals surface area contributed by atoms with E-state index in [2.05, 4.69) is 16.0 Å². The van der Waals surface area contributed by atoms with Gasteiger partial charge in [0.1, 0.15) is 0 Å². The van der Waals surface area contributed by atoms with Crippen molar-refractivity contribution in [3.8, 4) is 0 Å². The maximum Gasteiger partial charge on any atom is 0.321 e. The Balaban J connectivity index is 1.53. The summed E-state index contributed by atoms with van der Waals surface area (Å²) in [5.74, 6) is -0.658. The van der Waals surface area contributed by atoms with Gasteiger partial charge >= 0.3 is 6.03 Å². The number of halogens is 2. The molecule has 140 valence electrons. The van der Waals surface area contributed by atoms with Gasteiger partial charge in [-0.3, -0.25) is 19.8 Å². The van der Waals surface area contributed by atoms with Crippen molar-refractivity contribution < 1.29 is 14.4 Å². The van der Waals surface area contributed by atoms with Crippen LogP contribution in [0.15, 0.2) is 18.2 Å². The lowest BCUT2D eigenvalue weighted by molar-refractivity contribution is -0.124. The van der Waals surface area contributed by atoms with Crippen LogP contribution in [0.2, 0.25) is 10.0 Å². The molecule has 1 heterocycles. The van der Waals surface area contributed by atoms with E-state index in [-0.39, 0.29) is 18.5 Å². The highest BCUT2D eigenvalue weighted by Gasteiger charge is 2.32. The summed E-state index contributed by atoms with van der Waals surface area (Å²) in [4.78, 5) is 38.0. The van der Waals surface area contributed by atoms with E-state index in [4.69, 9.17) is 23.2 Å². The number of nitrogens with zero attached hydrogens (tertiary/aromatic N) is 1. The first kappa shape index (κ1) is 18.9. The average Bonchev–Trinajstić information content (AvgIpc) is 3.25. The Morgan fingerprint density at radius 3 is 2.62 bits per heavy atom. The molecule has 1 aliphatic heterocycles. The minimum atomic E-state index is -0.481. The SMILES string of the molecule is O=C(CN1CCC[C@H]1C(=O)Nc1ccc(Cl)cc1Cl)NC(=O)NC1CC1. The van der Waals surface area contributed by atoms with E-state index in [1.54, 1.807) is 23.1 Å². The summed E-state index contributed by atoms with van der Waals surface area (Å²) in [6.07, 6.45) is 3.33. The molecular weight excluding hydrogens is 379 g/mol. The molecular formula is C17H20Cl2N4O3. The summed E-state index contributed by atoms with van der Waals surface area (Å²) in [5.41, 5.74) is 0.473. The van der Waals surface area contributed by atoms with Gasteiger partial charge in [-0.25, -0.2) is 4.79 Å². The molecule has 0 spiro atoms. The molecule has 1 saturated carbocycles. The maximum atomic E-state index is 12.6. The maximum absolute atomic E-state index is 12.6. The van der Waals surface area contributed by atoms with E-state index in [0.29, 0.717) is 28.7 Å². The van der Waals surface area contributed by atoms with Crippen LogP contribution >= 0.6 is 23.2 Å². The van der Waals surface area contributed by atoms with Crippen molar-refractivity contribution in [3.63, 3.8) is 0 Å². The molecule has 3 N–H and O–H groups in total. The van der Waals surface area contributed by atoms with Crippen molar-refractivity contribution in [2.24, 2.45) is 0 Å². The zero-order chi connectivity index (χ0) is 18.7. The third-order valence-electron chi connectivity index (χ3n) is 4.37. The number of nitrogens with one attached hydrogen (secondary N) is 3. The van der Waals surface area contributed by atoms with E-state index < -0.39 is 18.0 Å². The van der Waals surface area contributed by atoms with Crippen LogP contribution in [0.1, 0.15) is 25.7 Å². The van der Waals surface area contributed by atoms with Gasteiger partial charge in [0.2, 0.25) is 11.8 Å². The van der Waals surface area contributed by atoms with Gasteiger partial charge in [0.25, 0.3) is 0 Å². The van der Waals surface area contributed by atoms with E-state index in [9.17, 15) is 14.4 Å². The molecule has 0 radical (unpaired) electrons. The molecule has 1 aromatic carbocycles. The van der Waals surface area contributed by atoms with Gasteiger partial charge in [0, 0.05) is 11.1 Å². The smallest absolute Gasteiger partial charge is 0.321 e. The Hall–Kier alpha value is -1.83. The Morgan fingerprint density at radius 1 is 1.15 bits per heavy atom. The van der Waals surface area contributed by atoms with Crippen LogP contribution in [0, 0.1) is 0 Å². The molecule has 2 fully saturated rings. The van der Waals surface area contributed by atoms with Gasteiger partial charge in [0.15, 0.2) is 0 Å². The van der Waals surface area contributed by atoms with Crippen molar-refractivity contribution in [3.05, 3.63) is 28.2 Å². The second-order valence-corrected chi connectivity index (χ2v) is 7.38. The predicted molar refractivity (Wildman–Crippen MR) is 99.4 cm³/mol. The second kappa shape index (κ2) is 8.24. The molecule has 0 unspecified atom stereocenters. The van der Waals surface area contributed by atoms with Crippen LogP contribution in [0.3, 0.4) is 0 Å². The van der Waals surface area contributed by atoms with Gasteiger partial charge < -0.3 is 10.6 Å². The fraction of sp³-hybridized carbons (Fsp3) is 0.471. The molecule has 1 aliphatic carbocycles. The van der Waals surface area contributed by atoms with Crippen LogP contribution < -0.4 is 16.0 Å². The molecule has 4 amide bonds. The number of carbonyl (C=O) groups excluding carboxylic acids is 3. The quantitative estimate of drug-likeness (QED) is 0.709. The lowest BCUT2D eigenvalue weighted by Crippen LogP contribution is -2.48. The Bertz CT molecular complexity index is 724. The molecule has 0 bridgehead atoms. The number of anilines is 1. The van der Waals surface area contributed by atoms with Crippen molar-refractivity contribution in [2.45, 2.75) is 37.8 Å². The van der Waals surface area contributed by atoms with E-state index >= 15 is 0 Å². The minimum absolute atomic E-state index is 0.00940. The van der Waals surface area contributed by atoms with Crippen molar-refractivity contribution in [1.29, 1.82) is 0 Å². The van der Waals surface area contributed by atoms with Gasteiger partial charge in [0.05, 0.1) is 23.3 Å². The molecule has 3 rings (SSSR count). The third-order valence-corrected chi connectivity index (χ3v) is 4.92. The standard InChI is InChI=1S/C17H20Cl2N4O3/c18-10-3-6-13(12(19)8-10)21-16(25)14-2-1-7-23(14)9-15(24)22-17(26)20-11-4-5-11/h3,6,8,11,14H,1-2,4-5,7,9H2,(H,21,25)(H2,20,22,24,26)/t14-/m0/s1. The largest absolute Gasteiger partial charge is 0.335 e. The number of rotatable bonds is 5. The highest BCUT2D eigenvalue weighted by atomic mass is 35.5. The van der Waals surface area contributed by atoms with E-state index in [1.807, 2.05) is 0 Å². The average molecular weight is 399 g/mol. The van der Waals surface area contributed by atoms with Crippen molar-refractivity contribution >= 4 is 46.7 Å².